The molecule has 0 amide bonds. The van der Waals surface area contributed by atoms with Crippen LogP contribution in [0.1, 0.15) is 37.2 Å². The van der Waals surface area contributed by atoms with E-state index in [0.29, 0.717) is 23.8 Å². The van der Waals surface area contributed by atoms with E-state index in [2.05, 4.69) is 29.1 Å². The number of nitrogens with one attached hydrogen (secondary N) is 1. The van der Waals surface area contributed by atoms with E-state index in [4.69, 9.17) is 9.84 Å². The molecule has 20 heavy (non-hydrogen) atoms. The Hall–Kier alpha value is -1.69. The molecular weight excluding hydrogens is 258 g/mol. The molecule has 0 aliphatic carbocycles. The van der Waals surface area contributed by atoms with Crippen molar-refractivity contribution < 1.29 is 14.6 Å². The van der Waals surface area contributed by atoms with Crippen molar-refractivity contribution in [3.8, 4) is 0 Å². The molecule has 2 unspecified atom stereocenters. The standard InChI is InChI=1S/C14H21N3O3/c1-9(2)12-5-10(3-4-20-12)6-16-13-8-15-11(7-17-13)14(18)19/h7-10,12H,3-6H2,1-2H3,(H,16,17)(H,18,19). The molecule has 1 aromatic heterocycles. The smallest absolute Gasteiger partial charge is 0.356 e. The maximum absolute atomic E-state index is 10.7. The predicted octanol–water partition coefficient (Wildman–Crippen LogP) is 2.04. The van der Waals surface area contributed by atoms with Crippen LogP contribution in [0.5, 0.6) is 0 Å². The molecule has 2 N–H and O–H groups in total. The first-order valence-corrected chi connectivity index (χ1v) is 6.97. The summed E-state index contributed by atoms with van der Waals surface area (Å²) in [5.74, 6) is 0.639. The van der Waals surface area contributed by atoms with E-state index in [1.165, 1.54) is 12.4 Å². The number of nitrogens with zero attached hydrogens (tertiary/aromatic N) is 2. The van der Waals surface area contributed by atoms with Crippen LogP contribution in [-0.4, -0.2) is 40.3 Å². The molecule has 1 aromatic rings. The summed E-state index contributed by atoms with van der Waals surface area (Å²) in [5.41, 5.74) is -0.0403. The largest absolute Gasteiger partial charge is 0.476 e. The lowest BCUT2D eigenvalue weighted by Gasteiger charge is -2.32. The van der Waals surface area contributed by atoms with E-state index >= 15 is 0 Å². The fourth-order valence-corrected chi connectivity index (χ4v) is 2.33. The lowest BCUT2D eigenvalue weighted by atomic mass is 9.90. The highest BCUT2D eigenvalue weighted by Gasteiger charge is 2.24. The number of carboxylic acid groups (broad SMARTS) is 1. The quantitative estimate of drug-likeness (QED) is 0.858. The number of aromatic carboxylic acids is 1. The zero-order valence-electron chi connectivity index (χ0n) is 11.9. The molecule has 0 spiro atoms. The monoisotopic (exact) mass is 279 g/mol. The summed E-state index contributed by atoms with van der Waals surface area (Å²) in [4.78, 5) is 18.6. The van der Waals surface area contributed by atoms with Crippen LogP contribution < -0.4 is 5.32 Å². The van der Waals surface area contributed by atoms with Gasteiger partial charge in [0.1, 0.15) is 5.82 Å². The van der Waals surface area contributed by atoms with Gasteiger partial charge in [-0.15, -0.1) is 0 Å². The molecular formula is C14H21N3O3. The SMILES string of the molecule is CC(C)C1CC(CNc2cnc(C(=O)O)cn2)CCO1. The van der Waals surface area contributed by atoms with Gasteiger partial charge >= 0.3 is 5.97 Å². The number of carbonyl (C=O) groups is 1. The topological polar surface area (TPSA) is 84.3 Å². The lowest BCUT2D eigenvalue weighted by Crippen LogP contribution is -2.32. The molecule has 1 fully saturated rings. The van der Waals surface area contributed by atoms with Crippen molar-refractivity contribution >= 4 is 11.8 Å². The fraction of sp³-hybridized carbons (Fsp3) is 0.643. The summed E-state index contributed by atoms with van der Waals surface area (Å²) in [7, 11) is 0. The average molecular weight is 279 g/mol. The van der Waals surface area contributed by atoms with Gasteiger partial charge in [0.25, 0.3) is 0 Å². The van der Waals surface area contributed by atoms with Crippen molar-refractivity contribution in [3.63, 3.8) is 0 Å². The minimum atomic E-state index is -1.06. The zero-order chi connectivity index (χ0) is 14.5. The van der Waals surface area contributed by atoms with Gasteiger partial charge in [-0.1, -0.05) is 13.8 Å². The second-order valence-corrected chi connectivity index (χ2v) is 5.52. The van der Waals surface area contributed by atoms with Gasteiger partial charge in [0, 0.05) is 13.2 Å². The van der Waals surface area contributed by atoms with Crippen molar-refractivity contribution in [1.29, 1.82) is 0 Å². The summed E-state index contributed by atoms with van der Waals surface area (Å²) >= 11 is 0. The van der Waals surface area contributed by atoms with E-state index < -0.39 is 5.97 Å². The number of ether oxygens (including phenoxy) is 1. The van der Waals surface area contributed by atoms with Gasteiger partial charge in [0.15, 0.2) is 5.69 Å². The Labute approximate surface area is 118 Å². The van der Waals surface area contributed by atoms with Crippen molar-refractivity contribution in [3.05, 3.63) is 18.1 Å². The van der Waals surface area contributed by atoms with E-state index in [1.807, 2.05) is 0 Å². The lowest BCUT2D eigenvalue weighted by molar-refractivity contribution is -0.0314. The third kappa shape index (κ3) is 3.90. The Balaban J connectivity index is 1.84. The molecule has 1 aliphatic heterocycles. The molecule has 0 aromatic carbocycles. The van der Waals surface area contributed by atoms with Crippen LogP contribution in [0.2, 0.25) is 0 Å². The Bertz CT molecular complexity index is 447. The molecule has 2 atom stereocenters. The van der Waals surface area contributed by atoms with Gasteiger partial charge < -0.3 is 15.2 Å². The van der Waals surface area contributed by atoms with Crippen molar-refractivity contribution in [2.24, 2.45) is 11.8 Å². The van der Waals surface area contributed by atoms with E-state index in [9.17, 15) is 4.79 Å². The Morgan fingerprint density at radius 2 is 2.30 bits per heavy atom. The highest BCUT2D eigenvalue weighted by molar-refractivity contribution is 5.84. The van der Waals surface area contributed by atoms with Crippen molar-refractivity contribution in [2.75, 3.05) is 18.5 Å². The first-order valence-electron chi connectivity index (χ1n) is 6.97. The average Bonchev–Trinajstić information content (AvgIpc) is 2.46. The number of aromatic nitrogens is 2. The van der Waals surface area contributed by atoms with E-state index in [0.717, 1.165) is 26.0 Å². The van der Waals surface area contributed by atoms with E-state index in [1.54, 1.807) is 0 Å². The summed E-state index contributed by atoms with van der Waals surface area (Å²) in [6.07, 6.45) is 5.15. The minimum absolute atomic E-state index is 0.0403. The number of anilines is 1. The van der Waals surface area contributed by atoms with Gasteiger partial charge in [0.2, 0.25) is 0 Å². The third-order valence-corrected chi connectivity index (χ3v) is 3.61. The van der Waals surface area contributed by atoms with Gasteiger partial charge in [-0.25, -0.2) is 14.8 Å². The van der Waals surface area contributed by atoms with Crippen LogP contribution >= 0.6 is 0 Å². The number of rotatable bonds is 5. The molecule has 0 saturated carbocycles. The zero-order valence-corrected chi connectivity index (χ0v) is 11.9. The number of hydrogen-bond donors (Lipinski definition) is 2. The fourth-order valence-electron chi connectivity index (χ4n) is 2.33. The third-order valence-electron chi connectivity index (χ3n) is 3.61. The summed E-state index contributed by atoms with van der Waals surface area (Å²) in [5, 5.41) is 12.0. The van der Waals surface area contributed by atoms with Crippen molar-refractivity contribution in [2.45, 2.75) is 32.8 Å². The van der Waals surface area contributed by atoms with Gasteiger partial charge in [-0.3, -0.25) is 0 Å². The van der Waals surface area contributed by atoms with Crippen LogP contribution in [0, 0.1) is 11.8 Å². The van der Waals surface area contributed by atoms with Gasteiger partial charge in [-0.05, 0) is 24.7 Å². The first-order chi connectivity index (χ1) is 9.56. The van der Waals surface area contributed by atoms with Crippen molar-refractivity contribution in [1.82, 2.24) is 9.97 Å². The van der Waals surface area contributed by atoms with Crippen LogP contribution in [0.3, 0.4) is 0 Å². The minimum Gasteiger partial charge on any atom is -0.476 e. The molecule has 0 radical (unpaired) electrons. The molecule has 6 heteroatoms. The summed E-state index contributed by atoms with van der Waals surface area (Å²) in [6, 6.07) is 0. The van der Waals surface area contributed by atoms with Crippen LogP contribution in [0.4, 0.5) is 5.82 Å². The summed E-state index contributed by atoms with van der Waals surface area (Å²) < 4.78 is 5.74. The Morgan fingerprint density at radius 1 is 1.50 bits per heavy atom. The summed E-state index contributed by atoms with van der Waals surface area (Å²) in [6.45, 7) is 5.97. The highest BCUT2D eigenvalue weighted by Crippen LogP contribution is 2.25. The molecule has 1 saturated heterocycles. The molecule has 0 bridgehead atoms. The molecule has 110 valence electrons. The molecule has 2 rings (SSSR count). The Morgan fingerprint density at radius 3 is 2.90 bits per heavy atom. The second kappa shape index (κ2) is 6.65. The number of hydrogen-bond acceptors (Lipinski definition) is 5. The number of carboxylic acids is 1. The maximum Gasteiger partial charge on any atom is 0.356 e. The normalized spacial score (nSPS) is 22.8. The maximum atomic E-state index is 10.7. The molecule has 6 nitrogen and oxygen atoms in total. The second-order valence-electron chi connectivity index (χ2n) is 5.52. The van der Waals surface area contributed by atoms with Gasteiger partial charge in [-0.2, -0.15) is 0 Å². The van der Waals surface area contributed by atoms with Crippen LogP contribution in [-0.2, 0) is 4.74 Å². The van der Waals surface area contributed by atoms with Crippen LogP contribution in [0.25, 0.3) is 0 Å². The Kier molecular flexibility index (Phi) is 4.89. The van der Waals surface area contributed by atoms with Gasteiger partial charge in [0.05, 0.1) is 18.5 Å². The molecule has 1 aliphatic rings. The predicted molar refractivity (Wildman–Crippen MR) is 74.8 cm³/mol. The van der Waals surface area contributed by atoms with E-state index in [-0.39, 0.29) is 5.69 Å². The first kappa shape index (κ1) is 14.7. The molecule has 2 heterocycles. The highest BCUT2D eigenvalue weighted by atomic mass is 16.5. The van der Waals surface area contributed by atoms with Crippen LogP contribution in [0.15, 0.2) is 12.4 Å².